The van der Waals surface area contributed by atoms with Crippen molar-refractivity contribution in [3.8, 4) is 0 Å². The summed E-state index contributed by atoms with van der Waals surface area (Å²) in [5.74, 6) is 0.623. The lowest BCUT2D eigenvalue weighted by atomic mass is 9.91. The molecule has 2 nitrogen and oxygen atoms in total. The normalized spacial score (nSPS) is 32.3. The summed E-state index contributed by atoms with van der Waals surface area (Å²) in [4.78, 5) is 11.3. The van der Waals surface area contributed by atoms with Crippen molar-refractivity contribution >= 4 is 5.91 Å². The Balaban J connectivity index is 2.66. The Kier molecular flexibility index (Phi) is 2.69. The molecule has 1 saturated heterocycles. The molecular weight excluding hydrogens is 138 g/mol. The van der Waals surface area contributed by atoms with Crippen molar-refractivity contribution < 1.29 is 4.79 Å². The summed E-state index contributed by atoms with van der Waals surface area (Å²) in [6.07, 6.45) is 3.97. The van der Waals surface area contributed by atoms with Crippen LogP contribution >= 0.6 is 0 Å². The lowest BCUT2D eigenvalue weighted by molar-refractivity contribution is -0.124. The van der Waals surface area contributed by atoms with Crippen LogP contribution in [0.2, 0.25) is 0 Å². The maximum Gasteiger partial charge on any atom is 0.227 e. The van der Waals surface area contributed by atoms with Crippen molar-refractivity contribution in [1.29, 1.82) is 0 Å². The van der Waals surface area contributed by atoms with E-state index in [-0.39, 0.29) is 11.8 Å². The maximum atomic E-state index is 11.3. The zero-order valence-electron chi connectivity index (χ0n) is 6.97. The molecule has 0 aliphatic carbocycles. The van der Waals surface area contributed by atoms with E-state index in [0.717, 1.165) is 19.4 Å². The molecule has 0 aromatic rings. The highest BCUT2D eigenvalue weighted by atomic mass is 16.1. The number of carbonyl (C=O) groups is 1. The zero-order valence-corrected chi connectivity index (χ0v) is 6.97. The molecule has 1 amide bonds. The fourth-order valence-electron chi connectivity index (χ4n) is 1.53. The molecule has 2 atom stereocenters. The zero-order chi connectivity index (χ0) is 8.27. The quantitative estimate of drug-likeness (QED) is 0.566. The van der Waals surface area contributed by atoms with Crippen molar-refractivity contribution in [3.05, 3.63) is 12.7 Å². The Bertz CT molecular complexity index is 165. The molecule has 0 saturated carbocycles. The largest absolute Gasteiger partial charge is 0.356 e. The average Bonchev–Trinajstić information content (AvgIpc) is 2.12. The van der Waals surface area contributed by atoms with Gasteiger partial charge >= 0.3 is 0 Å². The number of hydrogen-bond acceptors (Lipinski definition) is 1. The number of carbonyl (C=O) groups excluding carboxylic acids is 1. The molecule has 1 aliphatic heterocycles. The van der Waals surface area contributed by atoms with Crippen LogP contribution in [0.15, 0.2) is 12.7 Å². The average molecular weight is 153 g/mol. The first kappa shape index (κ1) is 8.31. The molecule has 0 aromatic heterocycles. The van der Waals surface area contributed by atoms with Crippen molar-refractivity contribution in [2.75, 3.05) is 6.54 Å². The van der Waals surface area contributed by atoms with Crippen LogP contribution in [0.3, 0.4) is 0 Å². The maximum absolute atomic E-state index is 11.3. The Hall–Kier alpha value is -0.790. The van der Waals surface area contributed by atoms with Gasteiger partial charge in [-0.25, -0.2) is 0 Å². The van der Waals surface area contributed by atoms with E-state index in [1.165, 1.54) is 0 Å². The van der Waals surface area contributed by atoms with E-state index < -0.39 is 0 Å². The van der Waals surface area contributed by atoms with Gasteiger partial charge in [-0.3, -0.25) is 4.79 Å². The van der Waals surface area contributed by atoms with Gasteiger partial charge in [0, 0.05) is 6.54 Å². The van der Waals surface area contributed by atoms with Gasteiger partial charge in [-0.1, -0.05) is 13.0 Å². The lowest BCUT2D eigenvalue weighted by Gasteiger charge is -2.14. The van der Waals surface area contributed by atoms with Crippen LogP contribution in [-0.2, 0) is 4.79 Å². The van der Waals surface area contributed by atoms with Gasteiger partial charge in [-0.2, -0.15) is 0 Å². The smallest absolute Gasteiger partial charge is 0.227 e. The second kappa shape index (κ2) is 3.56. The molecule has 0 aromatic carbocycles. The third-order valence-corrected chi connectivity index (χ3v) is 2.31. The molecule has 62 valence electrons. The molecule has 1 rings (SSSR count). The Labute approximate surface area is 67.7 Å². The fraction of sp³-hybridized carbons (Fsp3) is 0.667. The van der Waals surface area contributed by atoms with Crippen LogP contribution in [0.5, 0.6) is 0 Å². The minimum Gasteiger partial charge on any atom is -0.356 e. The topological polar surface area (TPSA) is 29.1 Å². The third-order valence-electron chi connectivity index (χ3n) is 2.31. The van der Waals surface area contributed by atoms with E-state index in [1.54, 1.807) is 6.08 Å². The summed E-state index contributed by atoms with van der Waals surface area (Å²) in [6.45, 7) is 6.60. The SMILES string of the molecule is C=CC1C(=O)NCCCC1C. The number of nitrogens with one attached hydrogen (secondary N) is 1. The van der Waals surface area contributed by atoms with E-state index in [1.807, 2.05) is 0 Å². The molecule has 11 heavy (non-hydrogen) atoms. The molecule has 0 spiro atoms. The predicted molar refractivity (Wildman–Crippen MR) is 45.1 cm³/mol. The van der Waals surface area contributed by atoms with Crippen LogP contribution in [0.25, 0.3) is 0 Å². The third kappa shape index (κ3) is 1.82. The molecule has 0 radical (unpaired) electrons. The van der Waals surface area contributed by atoms with Gasteiger partial charge in [0.1, 0.15) is 0 Å². The highest BCUT2D eigenvalue weighted by Gasteiger charge is 2.23. The van der Waals surface area contributed by atoms with E-state index in [4.69, 9.17) is 0 Å². The summed E-state index contributed by atoms with van der Waals surface area (Å²) < 4.78 is 0. The van der Waals surface area contributed by atoms with Crippen molar-refractivity contribution in [1.82, 2.24) is 5.32 Å². The molecule has 0 bridgehead atoms. The lowest BCUT2D eigenvalue weighted by Crippen LogP contribution is -2.30. The van der Waals surface area contributed by atoms with Crippen LogP contribution in [0, 0.1) is 11.8 Å². The number of rotatable bonds is 1. The summed E-state index contributed by atoms with van der Waals surface area (Å²) >= 11 is 0. The van der Waals surface area contributed by atoms with Gasteiger partial charge in [0.15, 0.2) is 0 Å². The molecule has 1 N–H and O–H groups in total. The molecule has 2 unspecified atom stereocenters. The van der Waals surface area contributed by atoms with Crippen molar-refractivity contribution in [2.45, 2.75) is 19.8 Å². The van der Waals surface area contributed by atoms with Gasteiger partial charge in [0.2, 0.25) is 5.91 Å². The summed E-state index contributed by atoms with van der Waals surface area (Å²) in [5, 5.41) is 2.87. The van der Waals surface area contributed by atoms with Gasteiger partial charge in [-0.05, 0) is 18.8 Å². The van der Waals surface area contributed by atoms with E-state index in [9.17, 15) is 4.79 Å². The minimum absolute atomic E-state index is 0.0255. The first-order chi connectivity index (χ1) is 5.25. The predicted octanol–water partition coefficient (Wildman–Crippen LogP) is 1.33. The molecule has 2 heteroatoms. The minimum atomic E-state index is 0.0255. The summed E-state index contributed by atoms with van der Waals surface area (Å²) in [6, 6.07) is 0. The van der Waals surface area contributed by atoms with Crippen LogP contribution in [-0.4, -0.2) is 12.5 Å². The Morgan fingerprint density at radius 3 is 3.09 bits per heavy atom. The fourth-order valence-corrected chi connectivity index (χ4v) is 1.53. The van der Waals surface area contributed by atoms with Crippen LogP contribution in [0.4, 0.5) is 0 Å². The highest BCUT2D eigenvalue weighted by molar-refractivity contribution is 5.80. The second-order valence-electron chi connectivity index (χ2n) is 3.17. The molecule has 1 fully saturated rings. The summed E-state index contributed by atoms with van der Waals surface area (Å²) in [5.41, 5.74) is 0. The van der Waals surface area contributed by atoms with Crippen molar-refractivity contribution in [3.63, 3.8) is 0 Å². The molecule has 1 aliphatic rings. The van der Waals surface area contributed by atoms with Crippen LogP contribution in [0.1, 0.15) is 19.8 Å². The highest BCUT2D eigenvalue weighted by Crippen LogP contribution is 2.20. The Morgan fingerprint density at radius 2 is 2.45 bits per heavy atom. The Morgan fingerprint density at radius 1 is 1.73 bits per heavy atom. The van der Waals surface area contributed by atoms with Crippen molar-refractivity contribution in [2.24, 2.45) is 11.8 Å². The van der Waals surface area contributed by atoms with E-state index >= 15 is 0 Å². The summed E-state index contributed by atoms with van der Waals surface area (Å²) in [7, 11) is 0. The van der Waals surface area contributed by atoms with E-state index in [0.29, 0.717) is 5.92 Å². The second-order valence-corrected chi connectivity index (χ2v) is 3.17. The van der Waals surface area contributed by atoms with Gasteiger partial charge in [0.25, 0.3) is 0 Å². The molecular formula is C9H15NO. The van der Waals surface area contributed by atoms with Crippen LogP contribution < -0.4 is 5.32 Å². The first-order valence-electron chi connectivity index (χ1n) is 4.16. The number of hydrogen-bond donors (Lipinski definition) is 1. The van der Waals surface area contributed by atoms with Gasteiger partial charge in [-0.15, -0.1) is 6.58 Å². The monoisotopic (exact) mass is 153 g/mol. The van der Waals surface area contributed by atoms with Gasteiger partial charge < -0.3 is 5.32 Å². The number of amides is 1. The first-order valence-corrected chi connectivity index (χ1v) is 4.16. The van der Waals surface area contributed by atoms with Gasteiger partial charge in [0.05, 0.1) is 5.92 Å². The standard InChI is InChI=1S/C9H15NO/c1-3-8-7(2)5-4-6-10-9(8)11/h3,7-8H,1,4-6H2,2H3,(H,10,11). The molecule has 1 heterocycles. The van der Waals surface area contributed by atoms with E-state index in [2.05, 4.69) is 18.8 Å².